The van der Waals surface area contributed by atoms with Gasteiger partial charge < -0.3 is 5.32 Å². The number of aromatic nitrogens is 6. The second-order valence-electron chi connectivity index (χ2n) is 7.19. The number of carbonyl (C=O) groups is 1. The van der Waals surface area contributed by atoms with Gasteiger partial charge in [0.2, 0.25) is 11.1 Å². The Morgan fingerprint density at radius 3 is 2.59 bits per heavy atom. The number of fused-ring (bicyclic) bond motifs is 1. The minimum Gasteiger partial charge on any atom is -0.311 e. The average molecular weight is 490 g/mol. The van der Waals surface area contributed by atoms with Gasteiger partial charge in [0.05, 0.1) is 12.7 Å². The fraction of sp³-hybridized carbons (Fsp3) is 0.286. The van der Waals surface area contributed by atoms with E-state index >= 15 is 0 Å². The second-order valence-corrected chi connectivity index (χ2v) is 8.78. The Morgan fingerprint density at radius 2 is 1.88 bits per heavy atom. The number of aryl methyl sites for hydroxylation is 2. The van der Waals surface area contributed by atoms with Gasteiger partial charge in [-0.3, -0.25) is 4.79 Å². The highest BCUT2D eigenvalue weighted by molar-refractivity contribution is 7.98. The number of thioether (sulfide) groups is 1. The molecule has 0 atom stereocenters. The van der Waals surface area contributed by atoms with Gasteiger partial charge in [-0.2, -0.15) is 10.1 Å². The highest BCUT2D eigenvalue weighted by atomic mass is 35.5. The smallest absolute Gasteiger partial charge is 0.253 e. The molecule has 3 aromatic heterocycles. The molecule has 4 rings (SSSR count). The summed E-state index contributed by atoms with van der Waals surface area (Å²) in [5.74, 6) is 1.02. The quantitative estimate of drug-likeness (QED) is 0.382. The minimum atomic E-state index is -0.126. The largest absolute Gasteiger partial charge is 0.311 e. The van der Waals surface area contributed by atoms with Crippen LogP contribution in [-0.4, -0.2) is 41.5 Å². The van der Waals surface area contributed by atoms with Crippen LogP contribution in [0, 0.1) is 13.8 Å². The van der Waals surface area contributed by atoms with Crippen molar-refractivity contribution in [2.24, 2.45) is 0 Å². The van der Waals surface area contributed by atoms with Crippen LogP contribution in [0.2, 0.25) is 10.0 Å². The van der Waals surface area contributed by atoms with E-state index in [1.54, 1.807) is 39.7 Å². The standard InChI is InChI=1S/C21H21Cl2N7OS/c1-12-14(13(2)30-20(25-12)27-21(28-30)32-3)7-8-19(31)26-18-9-10-24-29(18)11-15-16(22)5-4-6-17(15)23/h4-6,9-10H,7-8,11H2,1-3H3,(H,26,31). The molecule has 8 nitrogen and oxygen atoms in total. The Labute approximate surface area is 199 Å². The molecule has 0 bridgehead atoms. The minimum absolute atomic E-state index is 0.126. The number of halogens is 2. The Bertz CT molecular complexity index is 1280. The van der Waals surface area contributed by atoms with Crippen LogP contribution in [0.15, 0.2) is 35.6 Å². The summed E-state index contributed by atoms with van der Waals surface area (Å²) in [7, 11) is 0. The van der Waals surface area contributed by atoms with E-state index in [1.165, 1.54) is 11.8 Å². The number of nitrogens with one attached hydrogen (secondary N) is 1. The lowest BCUT2D eigenvalue weighted by Gasteiger charge is -2.12. The first kappa shape index (κ1) is 22.6. The lowest BCUT2D eigenvalue weighted by atomic mass is 10.1. The summed E-state index contributed by atoms with van der Waals surface area (Å²) in [5.41, 5.74) is 3.52. The van der Waals surface area contributed by atoms with Crippen molar-refractivity contribution < 1.29 is 4.79 Å². The van der Waals surface area contributed by atoms with Crippen molar-refractivity contribution >= 4 is 52.5 Å². The van der Waals surface area contributed by atoms with E-state index in [0.29, 0.717) is 39.8 Å². The molecule has 0 spiro atoms. The number of nitrogens with zero attached hydrogens (tertiary/aromatic N) is 6. The molecule has 32 heavy (non-hydrogen) atoms. The molecule has 1 N–H and O–H groups in total. The molecule has 0 fully saturated rings. The Morgan fingerprint density at radius 1 is 1.12 bits per heavy atom. The number of benzene rings is 1. The van der Waals surface area contributed by atoms with E-state index < -0.39 is 0 Å². The summed E-state index contributed by atoms with van der Waals surface area (Å²) in [4.78, 5) is 21.6. The molecule has 3 heterocycles. The van der Waals surface area contributed by atoms with Crippen molar-refractivity contribution in [2.75, 3.05) is 11.6 Å². The lowest BCUT2D eigenvalue weighted by Crippen LogP contribution is -2.17. The first-order valence-corrected chi connectivity index (χ1v) is 11.9. The summed E-state index contributed by atoms with van der Waals surface area (Å²) < 4.78 is 3.39. The van der Waals surface area contributed by atoms with Gasteiger partial charge >= 0.3 is 0 Å². The van der Waals surface area contributed by atoms with Gasteiger partial charge in [0.15, 0.2) is 0 Å². The molecule has 0 radical (unpaired) electrons. The molecular weight excluding hydrogens is 469 g/mol. The van der Waals surface area contributed by atoms with Gasteiger partial charge in [-0.1, -0.05) is 41.0 Å². The molecule has 0 aliphatic heterocycles. The van der Waals surface area contributed by atoms with Crippen molar-refractivity contribution in [3.8, 4) is 0 Å². The van der Waals surface area contributed by atoms with E-state index in [4.69, 9.17) is 23.2 Å². The normalized spacial score (nSPS) is 11.3. The molecule has 0 unspecified atom stereocenters. The third-order valence-corrected chi connectivity index (χ3v) is 6.41. The number of carbonyl (C=O) groups excluding carboxylic acids is 1. The molecule has 0 aliphatic rings. The zero-order valence-electron chi connectivity index (χ0n) is 17.8. The highest BCUT2D eigenvalue weighted by Crippen LogP contribution is 2.26. The number of amides is 1. The predicted octanol–water partition coefficient (Wildman–Crippen LogP) is 4.59. The molecule has 0 saturated heterocycles. The summed E-state index contributed by atoms with van der Waals surface area (Å²) >= 11 is 14.0. The van der Waals surface area contributed by atoms with Crippen LogP contribution in [0.4, 0.5) is 5.82 Å². The van der Waals surface area contributed by atoms with Gasteiger partial charge in [0, 0.05) is 39.5 Å². The van der Waals surface area contributed by atoms with E-state index in [9.17, 15) is 4.79 Å². The second kappa shape index (κ2) is 9.48. The predicted molar refractivity (Wildman–Crippen MR) is 127 cm³/mol. The zero-order valence-corrected chi connectivity index (χ0v) is 20.1. The van der Waals surface area contributed by atoms with Gasteiger partial charge in [0.25, 0.3) is 5.78 Å². The first-order chi connectivity index (χ1) is 15.4. The van der Waals surface area contributed by atoms with Crippen LogP contribution in [0.25, 0.3) is 5.78 Å². The topological polar surface area (TPSA) is 90.0 Å². The Kier molecular flexibility index (Phi) is 6.68. The van der Waals surface area contributed by atoms with Gasteiger partial charge in [-0.25, -0.2) is 14.2 Å². The number of rotatable bonds is 7. The lowest BCUT2D eigenvalue weighted by molar-refractivity contribution is -0.116. The van der Waals surface area contributed by atoms with Crippen molar-refractivity contribution in [1.29, 1.82) is 0 Å². The Hall–Kier alpha value is -2.62. The fourth-order valence-corrected chi connectivity index (χ4v) is 4.33. The molecule has 166 valence electrons. The maximum absolute atomic E-state index is 12.7. The van der Waals surface area contributed by atoms with Crippen molar-refractivity contribution in [2.45, 2.75) is 38.4 Å². The van der Waals surface area contributed by atoms with E-state index in [2.05, 4.69) is 25.5 Å². The van der Waals surface area contributed by atoms with E-state index in [1.807, 2.05) is 20.1 Å². The molecule has 11 heteroatoms. The molecule has 4 aromatic rings. The van der Waals surface area contributed by atoms with Crippen molar-refractivity contribution in [1.82, 2.24) is 29.4 Å². The van der Waals surface area contributed by atoms with Gasteiger partial charge in [0.1, 0.15) is 5.82 Å². The molecule has 1 amide bonds. The number of hydrogen-bond donors (Lipinski definition) is 1. The maximum Gasteiger partial charge on any atom is 0.253 e. The zero-order chi connectivity index (χ0) is 22.8. The number of anilines is 1. The van der Waals surface area contributed by atoms with Crippen LogP contribution >= 0.6 is 35.0 Å². The summed E-state index contributed by atoms with van der Waals surface area (Å²) in [5, 5.41) is 13.5. The Balaban J connectivity index is 1.46. The van der Waals surface area contributed by atoms with E-state index in [-0.39, 0.29) is 12.3 Å². The number of hydrogen-bond acceptors (Lipinski definition) is 6. The maximum atomic E-state index is 12.7. The highest BCUT2D eigenvalue weighted by Gasteiger charge is 2.16. The van der Waals surface area contributed by atoms with Crippen LogP contribution < -0.4 is 5.32 Å². The first-order valence-electron chi connectivity index (χ1n) is 9.88. The van der Waals surface area contributed by atoms with Crippen molar-refractivity contribution in [3.05, 3.63) is 63.0 Å². The SMILES string of the molecule is CSc1nc2nc(C)c(CCC(=O)Nc3ccnn3Cc3c(Cl)cccc3Cl)c(C)n2n1. The van der Waals surface area contributed by atoms with Crippen LogP contribution in [0.1, 0.15) is 28.9 Å². The third kappa shape index (κ3) is 4.60. The van der Waals surface area contributed by atoms with Crippen LogP contribution in [0.5, 0.6) is 0 Å². The molecule has 0 saturated carbocycles. The fourth-order valence-electron chi connectivity index (χ4n) is 3.48. The molecular formula is C21H21Cl2N7OS. The monoisotopic (exact) mass is 489 g/mol. The summed E-state index contributed by atoms with van der Waals surface area (Å²) in [6.45, 7) is 4.25. The van der Waals surface area contributed by atoms with E-state index in [0.717, 1.165) is 22.5 Å². The van der Waals surface area contributed by atoms with Gasteiger partial charge in [-0.05, 0) is 44.2 Å². The third-order valence-electron chi connectivity index (χ3n) is 5.17. The van der Waals surface area contributed by atoms with Crippen LogP contribution in [-0.2, 0) is 17.8 Å². The molecule has 0 aliphatic carbocycles. The summed E-state index contributed by atoms with van der Waals surface area (Å²) in [6, 6.07) is 7.08. The average Bonchev–Trinajstić information content (AvgIpc) is 3.37. The summed E-state index contributed by atoms with van der Waals surface area (Å²) in [6.07, 6.45) is 4.37. The van der Waals surface area contributed by atoms with Crippen LogP contribution in [0.3, 0.4) is 0 Å². The van der Waals surface area contributed by atoms with Crippen molar-refractivity contribution in [3.63, 3.8) is 0 Å². The molecule has 1 aromatic carbocycles. The van der Waals surface area contributed by atoms with Gasteiger partial charge in [-0.15, -0.1) is 5.10 Å².